The Kier molecular flexibility index (Phi) is 6.00. The number of ether oxygens (including phenoxy) is 1. The van der Waals surface area contributed by atoms with E-state index in [9.17, 15) is 14.7 Å². The third-order valence-electron chi connectivity index (χ3n) is 3.84. The van der Waals surface area contributed by atoms with E-state index in [4.69, 9.17) is 4.74 Å². The highest BCUT2D eigenvalue weighted by Crippen LogP contribution is 2.24. The number of hydrogen-bond donors (Lipinski definition) is 2. The van der Waals surface area contributed by atoms with Crippen molar-refractivity contribution in [3.8, 4) is 11.5 Å². The molecule has 2 N–H and O–H groups in total. The number of amides is 2. The second-order valence-electron chi connectivity index (χ2n) is 5.60. The van der Waals surface area contributed by atoms with Crippen LogP contribution in [0.5, 0.6) is 11.5 Å². The van der Waals surface area contributed by atoms with Gasteiger partial charge in [-0.1, -0.05) is 25.1 Å². The van der Waals surface area contributed by atoms with Gasteiger partial charge in [0.25, 0.3) is 5.91 Å². The van der Waals surface area contributed by atoms with Gasteiger partial charge in [-0.25, -0.2) is 0 Å². The summed E-state index contributed by atoms with van der Waals surface area (Å²) >= 11 is 0. The van der Waals surface area contributed by atoms with Crippen molar-refractivity contribution in [1.29, 1.82) is 0 Å². The van der Waals surface area contributed by atoms with Gasteiger partial charge in [-0.05, 0) is 30.2 Å². The van der Waals surface area contributed by atoms with Gasteiger partial charge < -0.3 is 20.1 Å². The number of nitrogens with zero attached hydrogens (tertiary/aromatic N) is 1. The molecule has 0 spiro atoms. The van der Waals surface area contributed by atoms with Gasteiger partial charge in [0.2, 0.25) is 5.91 Å². The van der Waals surface area contributed by atoms with Crippen LogP contribution >= 0.6 is 0 Å². The van der Waals surface area contributed by atoms with Crippen molar-refractivity contribution in [2.75, 3.05) is 26.0 Å². The number of aryl methyl sites for hydroxylation is 1. The van der Waals surface area contributed by atoms with E-state index in [2.05, 4.69) is 5.32 Å². The molecule has 132 valence electrons. The molecule has 0 saturated heterocycles. The average Bonchev–Trinajstić information content (AvgIpc) is 2.61. The third kappa shape index (κ3) is 4.50. The maximum Gasteiger partial charge on any atom is 0.257 e. The fourth-order valence-corrected chi connectivity index (χ4v) is 2.45. The summed E-state index contributed by atoms with van der Waals surface area (Å²) < 4.78 is 4.99. The molecule has 2 aromatic rings. The van der Waals surface area contributed by atoms with Gasteiger partial charge in [-0.3, -0.25) is 9.59 Å². The maximum absolute atomic E-state index is 12.4. The number of methoxy groups -OCH3 is 1. The molecule has 0 aliphatic carbocycles. The van der Waals surface area contributed by atoms with Crippen LogP contribution in [0.4, 0.5) is 5.69 Å². The fourth-order valence-electron chi connectivity index (χ4n) is 2.45. The molecule has 6 heteroatoms. The Morgan fingerprint density at radius 1 is 1.20 bits per heavy atom. The van der Waals surface area contributed by atoms with E-state index >= 15 is 0 Å². The molecule has 0 saturated carbocycles. The van der Waals surface area contributed by atoms with Crippen LogP contribution in [0, 0.1) is 0 Å². The van der Waals surface area contributed by atoms with E-state index < -0.39 is 5.91 Å². The van der Waals surface area contributed by atoms with Crippen LogP contribution in [-0.4, -0.2) is 42.5 Å². The van der Waals surface area contributed by atoms with Gasteiger partial charge in [0.15, 0.2) is 0 Å². The molecular formula is C19H22N2O4. The Morgan fingerprint density at radius 2 is 1.92 bits per heavy atom. The molecular weight excluding hydrogens is 320 g/mol. The predicted molar refractivity (Wildman–Crippen MR) is 96.1 cm³/mol. The lowest BCUT2D eigenvalue weighted by Gasteiger charge is -2.18. The Labute approximate surface area is 147 Å². The summed E-state index contributed by atoms with van der Waals surface area (Å²) in [5.74, 6) is -0.484. The Hall–Kier alpha value is -3.02. The maximum atomic E-state index is 12.4. The van der Waals surface area contributed by atoms with Crippen molar-refractivity contribution in [3.63, 3.8) is 0 Å². The third-order valence-corrected chi connectivity index (χ3v) is 3.84. The molecule has 0 atom stereocenters. The van der Waals surface area contributed by atoms with Gasteiger partial charge >= 0.3 is 0 Å². The largest absolute Gasteiger partial charge is 0.507 e. The van der Waals surface area contributed by atoms with E-state index in [1.807, 2.05) is 31.2 Å². The van der Waals surface area contributed by atoms with Crippen molar-refractivity contribution < 1.29 is 19.4 Å². The number of anilines is 1. The van der Waals surface area contributed by atoms with E-state index in [1.165, 1.54) is 31.2 Å². The van der Waals surface area contributed by atoms with Gasteiger partial charge in [0.1, 0.15) is 11.5 Å². The number of likely N-dealkylation sites (N-methyl/N-ethyl adjacent to an activating group) is 1. The lowest BCUT2D eigenvalue weighted by Crippen LogP contribution is -2.35. The minimum Gasteiger partial charge on any atom is -0.507 e. The molecule has 2 aromatic carbocycles. The van der Waals surface area contributed by atoms with Crippen molar-refractivity contribution in [2.24, 2.45) is 0 Å². The summed E-state index contributed by atoms with van der Waals surface area (Å²) in [6, 6.07) is 11.9. The summed E-state index contributed by atoms with van der Waals surface area (Å²) in [5, 5.41) is 12.8. The van der Waals surface area contributed by atoms with E-state index in [-0.39, 0.29) is 23.8 Å². The number of carbonyl (C=O) groups excluding carboxylic acids is 2. The lowest BCUT2D eigenvalue weighted by atomic mass is 10.1. The topological polar surface area (TPSA) is 78.9 Å². The zero-order valence-electron chi connectivity index (χ0n) is 14.6. The van der Waals surface area contributed by atoms with Crippen LogP contribution in [0.3, 0.4) is 0 Å². The molecule has 2 amide bonds. The van der Waals surface area contributed by atoms with Crippen molar-refractivity contribution in [1.82, 2.24) is 4.90 Å². The molecule has 0 bridgehead atoms. The highest BCUT2D eigenvalue weighted by atomic mass is 16.5. The van der Waals surface area contributed by atoms with Crippen LogP contribution in [-0.2, 0) is 11.2 Å². The zero-order valence-corrected chi connectivity index (χ0v) is 14.6. The number of hydrogen-bond acceptors (Lipinski definition) is 4. The number of para-hydroxylation sites is 1. The van der Waals surface area contributed by atoms with Gasteiger partial charge in [0, 0.05) is 18.8 Å². The molecule has 0 unspecified atom stereocenters. The van der Waals surface area contributed by atoms with Gasteiger partial charge in [0.05, 0.1) is 19.2 Å². The molecule has 0 aliphatic rings. The van der Waals surface area contributed by atoms with E-state index in [0.717, 1.165) is 17.7 Å². The standard InChI is InChI=1S/C19H22N2O4/c1-4-13-7-5-6-8-16(13)20-18(23)12-21(2)19(24)15-10-9-14(25-3)11-17(15)22/h5-11,22H,4,12H2,1-3H3,(H,20,23). The monoisotopic (exact) mass is 342 g/mol. The molecule has 0 aromatic heterocycles. The van der Waals surface area contributed by atoms with Crippen LogP contribution in [0.1, 0.15) is 22.8 Å². The molecule has 0 fully saturated rings. The Balaban J connectivity index is 2.04. The Morgan fingerprint density at radius 3 is 2.56 bits per heavy atom. The number of carbonyl (C=O) groups is 2. The first kappa shape index (κ1) is 18.3. The number of phenolic OH excluding ortho intramolecular Hbond substituents is 1. The average molecular weight is 342 g/mol. The van der Waals surface area contributed by atoms with Crippen molar-refractivity contribution >= 4 is 17.5 Å². The summed E-state index contributed by atoms with van der Waals surface area (Å²) in [6.45, 7) is 1.88. The molecule has 6 nitrogen and oxygen atoms in total. The van der Waals surface area contributed by atoms with Crippen molar-refractivity contribution in [3.05, 3.63) is 53.6 Å². The molecule has 0 heterocycles. The first-order valence-electron chi connectivity index (χ1n) is 7.96. The lowest BCUT2D eigenvalue weighted by molar-refractivity contribution is -0.116. The summed E-state index contributed by atoms with van der Waals surface area (Å²) in [7, 11) is 2.98. The number of rotatable bonds is 6. The van der Waals surface area contributed by atoms with Crippen LogP contribution in [0.15, 0.2) is 42.5 Å². The second-order valence-corrected chi connectivity index (χ2v) is 5.60. The van der Waals surface area contributed by atoms with Crippen LogP contribution in [0.25, 0.3) is 0 Å². The second kappa shape index (κ2) is 8.19. The molecule has 0 aliphatic heterocycles. The zero-order chi connectivity index (χ0) is 18.4. The number of phenols is 1. The van der Waals surface area contributed by atoms with E-state index in [1.54, 1.807) is 6.07 Å². The summed E-state index contributed by atoms with van der Waals surface area (Å²) in [5.41, 5.74) is 1.88. The highest BCUT2D eigenvalue weighted by molar-refractivity contribution is 6.01. The first-order chi connectivity index (χ1) is 12.0. The van der Waals surface area contributed by atoms with Crippen molar-refractivity contribution in [2.45, 2.75) is 13.3 Å². The number of nitrogens with one attached hydrogen (secondary N) is 1. The number of aromatic hydroxyl groups is 1. The molecule has 0 radical (unpaired) electrons. The van der Waals surface area contributed by atoms with Gasteiger partial charge in [-0.2, -0.15) is 0 Å². The number of benzene rings is 2. The fraction of sp³-hybridized carbons (Fsp3) is 0.263. The summed E-state index contributed by atoms with van der Waals surface area (Å²) in [4.78, 5) is 25.9. The predicted octanol–water partition coefficient (Wildman–Crippen LogP) is 2.67. The quantitative estimate of drug-likeness (QED) is 0.846. The first-order valence-corrected chi connectivity index (χ1v) is 7.96. The molecule has 2 rings (SSSR count). The SMILES string of the molecule is CCc1ccccc1NC(=O)CN(C)C(=O)c1ccc(OC)cc1O. The molecule has 25 heavy (non-hydrogen) atoms. The minimum atomic E-state index is -0.445. The normalized spacial score (nSPS) is 10.2. The van der Waals surface area contributed by atoms with Crippen LogP contribution < -0.4 is 10.1 Å². The smallest absolute Gasteiger partial charge is 0.257 e. The van der Waals surface area contributed by atoms with Crippen LogP contribution in [0.2, 0.25) is 0 Å². The van der Waals surface area contributed by atoms with Gasteiger partial charge in [-0.15, -0.1) is 0 Å². The van der Waals surface area contributed by atoms with E-state index in [0.29, 0.717) is 5.75 Å². The summed E-state index contributed by atoms with van der Waals surface area (Å²) in [6.07, 6.45) is 0.797. The minimum absolute atomic E-state index is 0.116. The highest BCUT2D eigenvalue weighted by Gasteiger charge is 2.19. The Bertz CT molecular complexity index is 774.